The summed E-state index contributed by atoms with van der Waals surface area (Å²) in [6, 6.07) is 0. The number of carbonyl (C=O) groups excluding carboxylic acids is 3. The van der Waals surface area contributed by atoms with E-state index in [4.69, 9.17) is 14.2 Å². The van der Waals surface area contributed by atoms with Gasteiger partial charge in [-0.05, 0) is 83.5 Å². The SMILES string of the molecule is CC/C=C\C/C=C\C/C=C\C/C=C\CCCCCCCCCCCCCCCCC(=O)OCC(COC(=O)CCCCCCC/C=C\C/C=C\CCCC)OC(=O)CCCCCCCCCCCCCCCCCCCCCCC. The molecule has 0 spiro atoms. The summed E-state index contributed by atoms with van der Waals surface area (Å²) in [5, 5.41) is 0. The molecule has 6 heteroatoms. The molecule has 464 valence electrons. The van der Waals surface area contributed by atoms with Crippen LogP contribution in [0.3, 0.4) is 0 Å². The average Bonchev–Trinajstić information content (AvgIpc) is 3.46. The van der Waals surface area contributed by atoms with Gasteiger partial charge in [-0.2, -0.15) is 0 Å². The van der Waals surface area contributed by atoms with Crippen molar-refractivity contribution in [3.8, 4) is 0 Å². The van der Waals surface area contributed by atoms with Gasteiger partial charge in [0.15, 0.2) is 6.10 Å². The van der Waals surface area contributed by atoms with Crippen LogP contribution >= 0.6 is 0 Å². The number of esters is 3. The first-order valence-corrected chi connectivity index (χ1v) is 34.9. The molecule has 0 saturated heterocycles. The molecule has 0 N–H and O–H groups in total. The van der Waals surface area contributed by atoms with Crippen molar-refractivity contribution in [2.45, 2.75) is 367 Å². The zero-order valence-electron chi connectivity index (χ0n) is 53.3. The zero-order valence-corrected chi connectivity index (χ0v) is 53.3. The van der Waals surface area contributed by atoms with Crippen molar-refractivity contribution in [3.63, 3.8) is 0 Å². The molecule has 0 aromatic carbocycles. The number of rotatable bonds is 64. The summed E-state index contributed by atoms with van der Waals surface area (Å²) in [5.74, 6) is -0.868. The van der Waals surface area contributed by atoms with E-state index < -0.39 is 6.10 Å². The Morgan fingerprint density at radius 3 is 0.800 bits per heavy atom. The van der Waals surface area contributed by atoms with Crippen LogP contribution in [-0.4, -0.2) is 37.2 Å². The lowest BCUT2D eigenvalue weighted by Gasteiger charge is -2.18. The molecule has 0 amide bonds. The minimum absolute atomic E-state index is 0.0760. The molecule has 6 nitrogen and oxygen atoms in total. The largest absolute Gasteiger partial charge is 0.462 e. The van der Waals surface area contributed by atoms with Gasteiger partial charge in [-0.3, -0.25) is 14.4 Å². The Morgan fingerprint density at radius 1 is 0.263 bits per heavy atom. The van der Waals surface area contributed by atoms with E-state index in [0.29, 0.717) is 19.3 Å². The summed E-state index contributed by atoms with van der Waals surface area (Å²) in [7, 11) is 0. The average molecular weight is 1120 g/mol. The number of hydrogen-bond donors (Lipinski definition) is 0. The molecular weight excluding hydrogens is 985 g/mol. The Labute approximate surface area is 497 Å². The van der Waals surface area contributed by atoms with Gasteiger partial charge in [-0.15, -0.1) is 0 Å². The highest BCUT2D eigenvalue weighted by molar-refractivity contribution is 5.71. The molecule has 1 atom stereocenters. The van der Waals surface area contributed by atoms with Gasteiger partial charge in [0.25, 0.3) is 0 Å². The Morgan fingerprint density at radius 2 is 0.500 bits per heavy atom. The standard InChI is InChI=1S/C74H132O6/c1-4-7-10-13-16-19-22-25-28-30-32-34-35-36-37-38-39-41-42-44-46-49-52-55-58-61-64-67-73(76)79-70-71(69-78-72(75)66-63-60-57-54-51-48-27-24-21-18-15-12-9-6-3)80-74(77)68-65-62-59-56-53-50-47-45-43-40-33-31-29-26-23-20-17-14-11-8-5-2/h7,10,15-16,18-19,24-25,27-28,32,34,71H,4-6,8-9,11-14,17,20-23,26,29-31,33,35-70H2,1-3H3/b10-7-,18-15-,19-16-,27-24-,28-25-,34-32-. The van der Waals surface area contributed by atoms with Crippen molar-refractivity contribution in [2.75, 3.05) is 13.2 Å². The molecule has 0 heterocycles. The van der Waals surface area contributed by atoms with E-state index in [9.17, 15) is 14.4 Å². The minimum Gasteiger partial charge on any atom is -0.462 e. The molecule has 0 radical (unpaired) electrons. The molecule has 0 fully saturated rings. The zero-order chi connectivity index (χ0) is 57.8. The lowest BCUT2D eigenvalue weighted by Crippen LogP contribution is -2.30. The second-order valence-corrected chi connectivity index (χ2v) is 23.4. The molecule has 0 aromatic rings. The third-order valence-corrected chi connectivity index (χ3v) is 15.4. The quantitative estimate of drug-likeness (QED) is 0.0261. The minimum atomic E-state index is -0.780. The maximum absolute atomic E-state index is 13.0. The maximum Gasteiger partial charge on any atom is 0.306 e. The van der Waals surface area contributed by atoms with Gasteiger partial charge in [-0.1, -0.05) is 331 Å². The van der Waals surface area contributed by atoms with E-state index in [1.807, 2.05) is 0 Å². The fourth-order valence-corrected chi connectivity index (χ4v) is 10.2. The number of ether oxygens (including phenoxy) is 3. The first kappa shape index (κ1) is 76.9. The highest BCUT2D eigenvalue weighted by atomic mass is 16.6. The smallest absolute Gasteiger partial charge is 0.306 e. The van der Waals surface area contributed by atoms with Gasteiger partial charge in [0, 0.05) is 19.3 Å². The predicted octanol–water partition coefficient (Wildman–Crippen LogP) is 24.1. The van der Waals surface area contributed by atoms with Crippen LogP contribution in [0.5, 0.6) is 0 Å². The normalized spacial score (nSPS) is 12.5. The molecule has 0 saturated carbocycles. The molecule has 80 heavy (non-hydrogen) atoms. The van der Waals surface area contributed by atoms with Crippen molar-refractivity contribution in [1.82, 2.24) is 0 Å². The van der Waals surface area contributed by atoms with E-state index in [1.165, 1.54) is 218 Å². The summed E-state index contributed by atoms with van der Waals surface area (Å²) in [6.45, 7) is 6.53. The lowest BCUT2D eigenvalue weighted by atomic mass is 10.0. The van der Waals surface area contributed by atoms with E-state index in [1.54, 1.807) is 0 Å². The Bertz CT molecular complexity index is 1470. The van der Waals surface area contributed by atoms with E-state index in [0.717, 1.165) is 103 Å². The number of allylic oxidation sites excluding steroid dienone is 12. The van der Waals surface area contributed by atoms with Crippen molar-refractivity contribution >= 4 is 17.9 Å². The molecule has 0 aliphatic heterocycles. The maximum atomic E-state index is 13.0. The molecule has 0 aliphatic rings. The lowest BCUT2D eigenvalue weighted by molar-refractivity contribution is -0.167. The molecule has 0 rings (SSSR count). The fourth-order valence-electron chi connectivity index (χ4n) is 10.2. The predicted molar refractivity (Wildman–Crippen MR) is 348 cm³/mol. The van der Waals surface area contributed by atoms with Crippen LogP contribution in [0.4, 0.5) is 0 Å². The third-order valence-electron chi connectivity index (χ3n) is 15.4. The molecule has 0 bridgehead atoms. The van der Waals surface area contributed by atoms with Gasteiger partial charge in [-0.25, -0.2) is 0 Å². The highest BCUT2D eigenvalue weighted by Crippen LogP contribution is 2.18. The van der Waals surface area contributed by atoms with Crippen LogP contribution in [0.25, 0.3) is 0 Å². The van der Waals surface area contributed by atoms with Crippen LogP contribution in [0.15, 0.2) is 72.9 Å². The van der Waals surface area contributed by atoms with Crippen LogP contribution in [-0.2, 0) is 28.6 Å². The second kappa shape index (κ2) is 68.3. The molecule has 1 unspecified atom stereocenters. The van der Waals surface area contributed by atoms with Crippen LogP contribution < -0.4 is 0 Å². The number of unbranched alkanes of at least 4 members (excludes halogenated alkanes) is 41. The van der Waals surface area contributed by atoms with Gasteiger partial charge in [0.2, 0.25) is 0 Å². The first-order chi connectivity index (χ1) is 39.5. The van der Waals surface area contributed by atoms with Gasteiger partial charge >= 0.3 is 17.9 Å². The molecular formula is C74H132O6. The molecule has 0 aliphatic carbocycles. The van der Waals surface area contributed by atoms with E-state index >= 15 is 0 Å². The summed E-state index contributed by atoms with van der Waals surface area (Å²) in [5.41, 5.74) is 0. The van der Waals surface area contributed by atoms with E-state index in [-0.39, 0.29) is 31.1 Å². The summed E-state index contributed by atoms with van der Waals surface area (Å²) in [6.07, 6.45) is 89.3. The van der Waals surface area contributed by atoms with Gasteiger partial charge in [0.1, 0.15) is 13.2 Å². The third kappa shape index (κ3) is 65.7. The fraction of sp³-hybridized carbons (Fsp3) is 0.797. The van der Waals surface area contributed by atoms with E-state index in [2.05, 4.69) is 93.7 Å². The van der Waals surface area contributed by atoms with Gasteiger partial charge in [0.05, 0.1) is 0 Å². The Hall–Kier alpha value is -3.15. The number of hydrogen-bond acceptors (Lipinski definition) is 6. The van der Waals surface area contributed by atoms with Crippen molar-refractivity contribution < 1.29 is 28.6 Å². The number of carbonyl (C=O) groups is 3. The van der Waals surface area contributed by atoms with Crippen molar-refractivity contribution in [1.29, 1.82) is 0 Å². The van der Waals surface area contributed by atoms with Crippen molar-refractivity contribution in [2.24, 2.45) is 0 Å². The highest BCUT2D eigenvalue weighted by Gasteiger charge is 2.19. The van der Waals surface area contributed by atoms with Crippen LogP contribution in [0.1, 0.15) is 361 Å². The summed E-state index contributed by atoms with van der Waals surface area (Å²) < 4.78 is 17.0. The summed E-state index contributed by atoms with van der Waals surface area (Å²) >= 11 is 0. The summed E-state index contributed by atoms with van der Waals surface area (Å²) in [4.78, 5) is 38.4. The Kier molecular flexibility index (Phi) is 65.7. The monoisotopic (exact) mass is 1120 g/mol. The van der Waals surface area contributed by atoms with Crippen molar-refractivity contribution in [3.05, 3.63) is 72.9 Å². The van der Waals surface area contributed by atoms with Crippen LogP contribution in [0, 0.1) is 0 Å². The molecule has 0 aromatic heterocycles. The Balaban J connectivity index is 4.26. The second-order valence-electron chi connectivity index (χ2n) is 23.4. The van der Waals surface area contributed by atoms with Crippen LogP contribution in [0.2, 0.25) is 0 Å². The van der Waals surface area contributed by atoms with Gasteiger partial charge < -0.3 is 14.2 Å². The topological polar surface area (TPSA) is 78.9 Å². The first-order valence-electron chi connectivity index (χ1n) is 34.9.